The van der Waals surface area contributed by atoms with Gasteiger partial charge in [-0.05, 0) is 43.1 Å². The van der Waals surface area contributed by atoms with Crippen LogP contribution in [0.15, 0.2) is 29.3 Å². The van der Waals surface area contributed by atoms with Gasteiger partial charge in [0.15, 0.2) is 5.96 Å². The lowest BCUT2D eigenvalue weighted by molar-refractivity contribution is 0.151. The van der Waals surface area contributed by atoms with Crippen LogP contribution in [-0.2, 0) is 0 Å². The molecule has 1 aliphatic carbocycles. The molecule has 0 aromatic heterocycles. The zero-order chi connectivity index (χ0) is 15.6. The van der Waals surface area contributed by atoms with E-state index in [4.69, 9.17) is 0 Å². The van der Waals surface area contributed by atoms with Gasteiger partial charge in [-0.2, -0.15) is 0 Å². The first-order chi connectivity index (χ1) is 10.6. The molecule has 1 atom stereocenters. The third-order valence-electron chi connectivity index (χ3n) is 5.58. The Labute approximate surface area is 134 Å². The van der Waals surface area contributed by atoms with E-state index in [1.807, 2.05) is 7.05 Å². The van der Waals surface area contributed by atoms with Gasteiger partial charge < -0.3 is 10.2 Å². The van der Waals surface area contributed by atoms with Gasteiger partial charge in [-0.25, -0.2) is 0 Å². The SMILES string of the molecule is CN=C(NCC(C)c1ccc(C)cc1)N1CCC2(CCC2)C1. The smallest absolute Gasteiger partial charge is 0.193 e. The summed E-state index contributed by atoms with van der Waals surface area (Å²) in [5.74, 6) is 1.58. The number of hydrogen-bond acceptors (Lipinski definition) is 1. The van der Waals surface area contributed by atoms with Crippen LogP contribution < -0.4 is 5.32 Å². The molecule has 3 nitrogen and oxygen atoms in total. The minimum atomic E-state index is 0.498. The average Bonchev–Trinajstić information content (AvgIpc) is 2.94. The monoisotopic (exact) mass is 299 g/mol. The molecule has 1 aromatic rings. The fraction of sp³-hybridized carbons (Fsp3) is 0.632. The van der Waals surface area contributed by atoms with Crippen LogP contribution in [-0.4, -0.2) is 37.5 Å². The van der Waals surface area contributed by atoms with E-state index in [9.17, 15) is 0 Å². The molecule has 3 heteroatoms. The van der Waals surface area contributed by atoms with Gasteiger partial charge in [0, 0.05) is 26.7 Å². The number of rotatable bonds is 3. The number of aryl methyl sites for hydroxylation is 1. The molecular weight excluding hydrogens is 270 g/mol. The Kier molecular flexibility index (Phi) is 4.42. The van der Waals surface area contributed by atoms with Gasteiger partial charge in [0.1, 0.15) is 0 Å². The molecule has 1 heterocycles. The second kappa shape index (κ2) is 6.31. The van der Waals surface area contributed by atoms with Gasteiger partial charge in [0.2, 0.25) is 0 Å². The number of hydrogen-bond donors (Lipinski definition) is 1. The molecule has 0 bridgehead atoms. The fourth-order valence-corrected chi connectivity index (χ4v) is 3.79. The van der Waals surface area contributed by atoms with Crippen LogP contribution in [0.1, 0.15) is 49.7 Å². The summed E-state index contributed by atoms with van der Waals surface area (Å²) in [6.45, 7) is 7.73. The quantitative estimate of drug-likeness (QED) is 0.683. The molecule has 22 heavy (non-hydrogen) atoms. The van der Waals surface area contributed by atoms with E-state index < -0.39 is 0 Å². The van der Waals surface area contributed by atoms with Gasteiger partial charge in [-0.1, -0.05) is 43.2 Å². The van der Waals surface area contributed by atoms with Crippen molar-refractivity contribution in [2.45, 2.75) is 45.4 Å². The van der Waals surface area contributed by atoms with Crippen molar-refractivity contribution in [2.24, 2.45) is 10.4 Å². The molecule has 1 aliphatic heterocycles. The highest BCUT2D eigenvalue weighted by Crippen LogP contribution is 2.47. The molecule has 120 valence electrons. The standard InChI is InChI=1S/C19H29N3/c1-15-5-7-17(8-6-15)16(2)13-21-18(20-3)22-12-11-19(14-22)9-4-10-19/h5-8,16H,4,9-14H2,1-3H3,(H,20,21). The topological polar surface area (TPSA) is 27.6 Å². The molecule has 2 fully saturated rings. The second-order valence-corrected chi connectivity index (χ2v) is 7.26. The first-order valence-corrected chi connectivity index (χ1v) is 8.64. The fourth-order valence-electron chi connectivity index (χ4n) is 3.79. The minimum Gasteiger partial charge on any atom is -0.356 e. The second-order valence-electron chi connectivity index (χ2n) is 7.26. The normalized spacial score (nSPS) is 21.8. The highest BCUT2D eigenvalue weighted by atomic mass is 15.3. The van der Waals surface area contributed by atoms with Gasteiger partial charge in [-0.3, -0.25) is 4.99 Å². The lowest BCUT2D eigenvalue weighted by Crippen LogP contribution is -2.43. The first-order valence-electron chi connectivity index (χ1n) is 8.64. The van der Waals surface area contributed by atoms with Gasteiger partial charge in [0.25, 0.3) is 0 Å². The predicted molar refractivity (Wildman–Crippen MR) is 93.4 cm³/mol. The largest absolute Gasteiger partial charge is 0.356 e. The maximum Gasteiger partial charge on any atom is 0.193 e. The van der Waals surface area contributed by atoms with Crippen molar-refractivity contribution >= 4 is 5.96 Å². The lowest BCUT2D eigenvalue weighted by Gasteiger charge is -2.38. The summed E-state index contributed by atoms with van der Waals surface area (Å²) in [4.78, 5) is 6.96. The van der Waals surface area contributed by atoms with Crippen LogP contribution in [0.25, 0.3) is 0 Å². The molecule has 0 radical (unpaired) electrons. The van der Waals surface area contributed by atoms with Crippen LogP contribution in [0.5, 0.6) is 0 Å². The summed E-state index contributed by atoms with van der Waals surface area (Å²) in [7, 11) is 1.91. The van der Waals surface area contributed by atoms with Gasteiger partial charge in [-0.15, -0.1) is 0 Å². The van der Waals surface area contributed by atoms with E-state index in [2.05, 4.69) is 53.3 Å². The molecule has 1 aromatic carbocycles. The van der Waals surface area contributed by atoms with Crippen molar-refractivity contribution < 1.29 is 0 Å². The molecule has 1 N–H and O–H groups in total. The van der Waals surface area contributed by atoms with Crippen molar-refractivity contribution in [1.82, 2.24) is 10.2 Å². The molecular formula is C19H29N3. The number of likely N-dealkylation sites (tertiary alicyclic amines) is 1. The number of benzene rings is 1. The maximum absolute atomic E-state index is 4.51. The Hall–Kier alpha value is -1.51. The van der Waals surface area contributed by atoms with Crippen LogP contribution in [0.4, 0.5) is 0 Å². The summed E-state index contributed by atoms with van der Waals surface area (Å²) < 4.78 is 0. The Morgan fingerprint density at radius 2 is 2.00 bits per heavy atom. The van der Waals surface area contributed by atoms with Gasteiger partial charge in [0.05, 0.1) is 0 Å². The average molecular weight is 299 g/mol. The molecule has 2 aliphatic rings. The minimum absolute atomic E-state index is 0.498. The Bertz CT molecular complexity index is 528. The summed E-state index contributed by atoms with van der Waals surface area (Å²) in [5.41, 5.74) is 3.34. The zero-order valence-electron chi connectivity index (χ0n) is 14.2. The van der Waals surface area contributed by atoms with Crippen molar-refractivity contribution in [2.75, 3.05) is 26.7 Å². The van der Waals surface area contributed by atoms with Crippen LogP contribution in [0.2, 0.25) is 0 Å². The molecule has 1 saturated heterocycles. The molecule has 3 rings (SSSR count). The van der Waals surface area contributed by atoms with Crippen LogP contribution in [0, 0.1) is 12.3 Å². The maximum atomic E-state index is 4.51. The van der Waals surface area contributed by atoms with Crippen LogP contribution >= 0.6 is 0 Å². The van der Waals surface area contributed by atoms with Crippen molar-refractivity contribution in [3.05, 3.63) is 35.4 Å². The highest BCUT2D eigenvalue weighted by Gasteiger charge is 2.43. The Morgan fingerprint density at radius 3 is 2.55 bits per heavy atom. The number of nitrogens with one attached hydrogen (secondary N) is 1. The molecule has 1 spiro atoms. The van der Waals surface area contributed by atoms with Crippen molar-refractivity contribution in [3.63, 3.8) is 0 Å². The summed E-state index contributed by atoms with van der Waals surface area (Å²) in [6, 6.07) is 8.87. The van der Waals surface area contributed by atoms with E-state index in [1.54, 1.807) is 0 Å². The number of aliphatic imine (C=N–C) groups is 1. The molecule has 1 saturated carbocycles. The highest BCUT2D eigenvalue weighted by molar-refractivity contribution is 5.80. The third kappa shape index (κ3) is 3.13. The lowest BCUT2D eigenvalue weighted by atomic mass is 9.68. The van der Waals surface area contributed by atoms with Crippen LogP contribution in [0.3, 0.4) is 0 Å². The number of nitrogens with zero attached hydrogens (tertiary/aromatic N) is 2. The van der Waals surface area contributed by atoms with Gasteiger partial charge >= 0.3 is 0 Å². The Balaban J connectivity index is 1.54. The van der Waals surface area contributed by atoms with E-state index in [1.165, 1.54) is 49.9 Å². The molecule has 1 unspecified atom stereocenters. The summed E-state index contributed by atoms with van der Waals surface area (Å²) >= 11 is 0. The van der Waals surface area contributed by atoms with Crippen molar-refractivity contribution in [3.8, 4) is 0 Å². The summed E-state index contributed by atoms with van der Waals surface area (Å²) in [6.07, 6.45) is 5.60. The van der Waals surface area contributed by atoms with E-state index in [0.717, 1.165) is 12.5 Å². The van der Waals surface area contributed by atoms with E-state index in [-0.39, 0.29) is 0 Å². The Morgan fingerprint density at radius 1 is 1.27 bits per heavy atom. The van der Waals surface area contributed by atoms with E-state index in [0.29, 0.717) is 11.3 Å². The summed E-state index contributed by atoms with van der Waals surface area (Å²) in [5, 5.41) is 3.59. The predicted octanol–water partition coefficient (Wildman–Crippen LogP) is 3.55. The zero-order valence-corrected chi connectivity index (χ0v) is 14.2. The third-order valence-corrected chi connectivity index (χ3v) is 5.58. The van der Waals surface area contributed by atoms with E-state index >= 15 is 0 Å². The first kappa shape index (κ1) is 15.4. The van der Waals surface area contributed by atoms with Crippen molar-refractivity contribution in [1.29, 1.82) is 0 Å². The molecule has 0 amide bonds. The number of guanidine groups is 1.